The number of thioether (sulfide) groups is 1. The zero-order chi connectivity index (χ0) is 21.5. The summed E-state index contributed by atoms with van der Waals surface area (Å²) >= 11 is 13.1. The predicted molar refractivity (Wildman–Crippen MR) is 122 cm³/mol. The van der Waals surface area contributed by atoms with Gasteiger partial charge in [0, 0.05) is 23.7 Å². The van der Waals surface area contributed by atoms with Crippen LogP contribution in [0.3, 0.4) is 0 Å². The van der Waals surface area contributed by atoms with E-state index < -0.39 is 0 Å². The molecule has 0 radical (unpaired) electrons. The highest BCUT2D eigenvalue weighted by atomic mass is 35.5. The van der Waals surface area contributed by atoms with Crippen LogP contribution in [-0.4, -0.2) is 41.5 Å². The minimum Gasteiger partial charge on any atom is -0.383 e. The average Bonchev–Trinajstić information content (AvgIpc) is 2.73. The van der Waals surface area contributed by atoms with E-state index in [1.54, 1.807) is 25.3 Å². The van der Waals surface area contributed by atoms with Crippen LogP contribution in [0.5, 0.6) is 0 Å². The van der Waals surface area contributed by atoms with Crippen LogP contribution in [0.1, 0.15) is 5.56 Å². The van der Waals surface area contributed by atoms with Crippen LogP contribution in [-0.2, 0) is 22.5 Å². The molecule has 0 spiro atoms. The molecule has 0 aliphatic carbocycles. The Morgan fingerprint density at radius 3 is 2.63 bits per heavy atom. The number of carbonyl (C=O) groups excluding carboxylic acids is 1. The molecular weight excluding hydrogens is 445 g/mol. The summed E-state index contributed by atoms with van der Waals surface area (Å²) in [6.45, 7) is 1.22. The van der Waals surface area contributed by atoms with Crippen molar-refractivity contribution < 1.29 is 9.53 Å². The molecule has 30 heavy (non-hydrogen) atoms. The van der Waals surface area contributed by atoms with Gasteiger partial charge >= 0.3 is 0 Å². The summed E-state index contributed by atoms with van der Waals surface area (Å²) in [7, 11) is 1.57. The van der Waals surface area contributed by atoms with Crippen LogP contribution in [0.15, 0.2) is 52.4 Å². The summed E-state index contributed by atoms with van der Waals surface area (Å²) in [6, 6.07) is 12.5. The van der Waals surface area contributed by atoms with Crippen LogP contribution < -0.4 is 10.9 Å². The molecule has 3 rings (SSSR count). The molecule has 0 fully saturated rings. The van der Waals surface area contributed by atoms with Crippen LogP contribution in [0.2, 0.25) is 10.0 Å². The molecule has 9 heteroatoms. The van der Waals surface area contributed by atoms with E-state index in [4.69, 9.17) is 27.9 Å². The van der Waals surface area contributed by atoms with Gasteiger partial charge in [0.25, 0.3) is 5.56 Å². The second-order valence-corrected chi connectivity index (χ2v) is 8.34. The normalized spacial score (nSPS) is 11.0. The Bertz CT molecular complexity index is 1090. The summed E-state index contributed by atoms with van der Waals surface area (Å²) in [5.41, 5.74) is 1.42. The molecule has 6 nitrogen and oxygen atoms in total. The number of hydrogen-bond acceptors (Lipinski definition) is 5. The number of carbonyl (C=O) groups is 1. The third-order valence-corrected chi connectivity index (χ3v) is 5.85. The third-order valence-electron chi connectivity index (χ3n) is 4.38. The molecule has 1 heterocycles. The first-order valence-corrected chi connectivity index (χ1v) is 11.0. The second kappa shape index (κ2) is 10.8. The average molecular weight is 466 g/mol. The number of methoxy groups -OCH3 is 1. The third kappa shape index (κ3) is 5.98. The maximum atomic E-state index is 12.9. The number of amides is 1. The first-order chi connectivity index (χ1) is 14.5. The van der Waals surface area contributed by atoms with E-state index in [-0.39, 0.29) is 17.2 Å². The van der Waals surface area contributed by atoms with Crippen LogP contribution in [0, 0.1) is 0 Å². The number of hydrogen-bond donors (Lipinski definition) is 1. The largest absolute Gasteiger partial charge is 0.383 e. The van der Waals surface area contributed by atoms with E-state index in [1.807, 2.05) is 24.3 Å². The van der Waals surface area contributed by atoms with Gasteiger partial charge in [-0.25, -0.2) is 4.98 Å². The monoisotopic (exact) mass is 465 g/mol. The molecule has 1 amide bonds. The summed E-state index contributed by atoms with van der Waals surface area (Å²) in [6.07, 6.45) is 0.707. The second-order valence-electron chi connectivity index (χ2n) is 6.52. The Balaban J connectivity index is 1.66. The van der Waals surface area contributed by atoms with Gasteiger partial charge in [0.2, 0.25) is 5.91 Å². The van der Waals surface area contributed by atoms with Crippen LogP contribution in [0.25, 0.3) is 10.9 Å². The number of rotatable bonds is 9. The Morgan fingerprint density at radius 2 is 1.90 bits per heavy atom. The number of fused-ring (bicyclic) bond motifs is 1. The summed E-state index contributed by atoms with van der Waals surface area (Å²) < 4.78 is 6.64. The topological polar surface area (TPSA) is 73.2 Å². The maximum absolute atomic E-state index is 12.9. The van der Waals surface area contributed by atoms with Crippen molar-refractivity contribution in [3.8, 4) is 0 Å². The van der Waals surface area contributed by atoms with Gasteiger partial charge in [0.1, 0.15) is 0 Å². The summed E-state index contributed by atoms with van der Waals surface area (Å²) in [4.78, 5) is 29.7. The lowest BCUT2D eigenvalue weighted by Crippen LogP contribution is -2.29. The molecule has 1 N–H and O–H groups in total. The lowest BCUT2D eigenvalue weighted by Gasteiger charge is -2.13. The highest BCUT2D eigenvalue weighted by molar-refractivity contribution is 7.99. The van der Waals surface area contributed by atoms with Crippen molar-refractivity contribution in [1.82, 2.24) is 14.9 Å². The fourth-order valence-corrected chi connectivity index (χ4v) is 3.99. The highest BCUT2D eigenvalue weighted by Crippen LogP contribution is 2.20. The molecule has 0 saturated carbocycles. The van der Waals surface area contributed by atoms with Gasteiger partial charge in [-0.05, 0) is 42.3 Å². The molecule has 158 valence electrons. The van der Waals surface area contributed by atoms with Gasteiger partial charge in [-0.3, -0.25) is 14.2 Å². The lowest BCUT2D eigenvalue weighted by atomic mass is 10.1. The van der Waals surface area contributed by atoms with E-state index in [1.165, 1.54) is 16.3 Å². The first-order valence-electron chi connectivity index (χ1n) is 9.31. The van der Waals surface area contributed by atoms with Crippen molar-refractivity contribution in [3.05, 3.63) is 68.4 Å². The standard InChI is InChI=1S/C21H21Cl2N3O3S/c1-29-11-10-26-20(28)17-7-6-16(23)12-18(17)25-21(26)30-13-19(27)24-9-8-14-2-4-15(22)5-3-14/h2-7,12H,8-11,13H2,1H3,(H,24,27). The fourth-order valence-electron chi connectivity index (χ4n) is 2.84. The number of ether oxygens (including phenoxy) is 1. The summed E-state index contributed by atoms with van der Waals surface area (Å²) in [5.74, 6) is 0.0132. The molecule has 0 bridgehead atoms. The molecule has 2 aromatic carbocycles. The Hall–Kier alpha value is -2.06. The maximum Gasteiger partial charge on any atom is 0.262 e. The van der Waals surface area contributed by atoms with Gasteiger partial charge in [-0.1, -0.05) is 47.1 Å². The first kappa shape index (κ1) is 22.6. The molecule has 0 aliphatic rings. The minimum absolute atomic E-state index is 0.132. The number of aromatic nitrogens is 2. The molecular formula is C21H21Cl2N3O3S. The van der Waals surface area contributed by atoms with E-state index in [2.05, 4.69) is 10.3 Å². The van der Waals surface area contributed by atoms with Crippen LogP contribution in [0.4, 0.5) is 0 Å². The van der Waals surface area contributed by atoms with Crippen molar-refractivity contribution in [1.29, 1.82) is 0 Å². The number of benzene rings is 2. The van der Waals surface area contributed by atoms with Crippen molar-refractivity contribution in [2.24, 2.45) is 0 Å². The summed E-state index contributed by atoms with van der Waals surface area (Å²) in [5, 5.41) is 5.01. The van der Waals surface area contributed by atoms with Gasteiger partial charge in [-0.15, -0.1) is 0 Å². The van der Waals surface area contributed by atoms with E-state index in [0.29, 0.717) is 52.2 Å². The molecule has 1 aromatic heterocycles. The number of halogens is 2. The minimum atomic E-state index is -0.181. The van der Waals surface area contributed by atoms with E-state index >= 15 is 0 Å². The predicted octanol–water partition coefficient (Wildman–Crippen LogP) is 3.80. The number of nitrogens with zero attached hydrogens (tertiary/aromatic N) is 2. The Kier molecular flexibility index (Phi) is 8.16. The molecule has 0 aliphatic heterocycles. The van der Waals surface area contributed by atoms with Crippen molar-refractivity contribution in [2.75, 3.05) is 26.0 Å². The lowest BCUT2D eigenvalue weighted by molar-refractivity contribution is -0.118. The quantitative estimate of drug-likeness (QED) is 0.384. The van der Waals surface area contributed by atoms with Gasteiger partial charge in [0.15, 0.2) is 5.16 Å². The zero-order valence-corrected chi connectivity index (χ0v) is 18.7. The molecule has 0 saturated heterocycles. The number of nitrogens with one attached hydrogen (secondary N) is 1. The van der Waals surface area contributed by atoms with Crippen molar-refractivity contribution in [3.63, 3.8) is 0 Å². The van der Waals surface area contributed by atoms with Gasteiger partial charge in [-0.2, -0.15) is 0 Å². The van der Waals surface area contributed by atoms with Crippen molar-refractivity contribution in [2.45, 2.75) is 18.1 Å². The smallest absolute Gasteiger partial charge is 0.262 e. The molecule has 0 unspecified atom stereocenters. The molecule has 0 atom stereocenters. The molecule has 3 aromatic rings. The van der Waals surface area contributed by atoms with Gasteiger partial charge in [0.05, 0.1) is 29.8 Å². The van der Waals surface area contributed by atoms with Crippen LogP contribution >= 0.6 is 35.0 Å². The van der Waals surface area contributed by atoms with E-state index in [0.717, 1.165) is 5.56 Å². The van der Waals surface area contributed by atoms with Gasteiger partial charge < -0.3 is 10.1 Å². The highest BCUT2D eigenvalue weighted by Gasteiger charge is 2.13. The Morgan fingerprint density at radius 1 is 1.17 bits per heavy atom. The SMILES string of the molecule is COCCn1c(SCC(=O)NCCc2ccc(Cl)cc2)nc2cc(Cl)ccc2c1=O. The Labute approximate surface area is 188 Å². The van der Waals surface area contributed by atoms with E-state index in [9.17, 15) is 9.59 Å². The zero-order valence-electron chi connectivity index (χ0n) is 16.4. The fraction of sp³-hybridized carbons (Fsp3) is 0.286. The van der Waals surface area contributed by atoms with Crippen molar-refractivity contribution >= 4 is 51.8 Å².